The Morgan fingerprint density at radius 1 is 1.07 bits per heavy atom. The summed E-state index contributed by atoms with van der Waals surface area (Å²) in [5.41, 5.74) is 1.95. The van der Waals surface area contributed by atoms with Crippen molar-refractivity contribution in [3.63, 3.8) is 0 Å². The largest absolute Gasteiger partial charge is 0.573 e. The number of nitrogens with one attached hydrogen (secondary N) is 2. The van der Waals surface area contributed by atoms with Crippen LogP contribution in [0.3, 0.4) is 0 Å². The van der Waals surface area contributed by atoms with E-state index < -0.39 is 12.4 Å². The molecule has 150 valence electrons. The first-order valence-corrected chi connectivity index (χ1v) is 8.63. The number of carbonyl (C=O) groups is 1. The van der Waals surface area contributed by atoms with Gasteiger partial charge in [-0.05, 0) is 47.5 Å². The van der Waals surface area contributed by atoms with Crippen LogP contribution in [0, 0.1) is 5.41 Å². The summed E-state index contributed by atoms with van der Waals surface area (Å²) in [6.07, 6.45) is -1.09. The van der Waals surface area contributed by atoms with Crippen LogP contribution in [0.4, 0.5) is 18.0 Å². The van der Waals surface area contributed by atoms with Crippen molar-refractivity contribution in [2.75, 3.05) is 6.54 Å². The lowest BCUT2D eigenvalue weighted by atomic mass is 10.1. The van der Waals surface area contributed by atoms with Crippen LogP contribution < -0.4 is 15.5 Å². The number of hydrogen-bond donors (Lipinski definition) is 2. The van der Waals surface area contributed by atoms with E-state index in [-0.39, 0.29) is 11.2 Å². The molecule has 1 aromatic carbocycles. The minimum absolute atomic E-state index is 0.0267. The molecule has 6 nitrogen and oxygen atoms in total. The number of nitrogens with zero attached hydrogens (tertiary/aromatic N) is 2. The van der Waals surface area contributed by atoms with Gasteiger partial charge in [-0.1, -0.05) is 18.2 Å². The highest BCUT2D eigenvalue weighted by atomic mass is 19.4. The second-order valence-electron chi connectivity index (χ2n) is 6.05. The van der Waals surface area contributed by atoms with E-state index in [2.05, 4.69) is 15.0 Å². The number of alkyl halides is 3. The lowest BCUT2D eigenvalue weighted by molar-refractivity contribution is -0.274. The lowest BCUT2D eigenvalue weighted by Gasteiger charge is -2.11. The number of halogens is 3. The van der Waals surface area contributed by atoms with Crippen molar-refractivity contribution in [3.05, 3.63) is 78.2 Å². The number of hydrogen-bond acceptors (Lipinski definition) is 4. The van der Waals surface area contributed by atoms with Gasteiger partial charge in [0.25, 0.3) is 0 Å². The van der Waals surface area contributed by atoms with Gasteiger partial charge in [-0.25, -0.2) is 4.79 Å². The maximum Gasteiger partial charge on any atom is 0.573 e. The quantitative estimate of drug-likeness (QED) is 0.683. The van der Waals surface area contributed by atoms with Crippen LogP contribution in [0.2, 0.25) is 0 Å². The topological polar surface area (TPSA) is 80.0 Å². The first-order valence-electron chi connectivity index (χ1n) is 8.63. The Balaban J connectivity index is 1.70. The van der Waals surface area contributed by atoms with Crippen molar-refractivity contribution in [1.82, 2.24) is 14.9 Å². The van der Waals surface area contributed by atoms with Gasteiger partial charge in [0.1, 0.15) is 11.2 Å². The molecule has 0 aliphatic carbocycles. The van der Waals surface area contributed by atoms with Gasteiger partial charge in [0.2, 0.25) is 0 Å². The molecule has 3 rings (SSSR count). The Labute approximate surface area is 164 Å². The van der Waals surface area contributed by atoms with Crippen LogP contribution in [0.15, 0.2) is 67.0 Å². The zero-order valence-electron chi connectivity index (χ0n) is 15.1. The van der Waals surface area contributed by atoms with Crippen molar-refractivity contribution < 1.29 is 22.7 Å². The molecule has 0 bridgehead atoms. The molecule has 0 saturated heterocycles. The van der Waals surface area contributed by atoms with Crippen molar-refractivity contribution in [1.29, 1.82) is 5.41 Å². The standard InChI is InChI=1S/C20H17F3N4O2/c21-20(22,23)29-17-7-4-14(5-8-17)15-6-9-18(24)27(13-15)19(28)26-12-10-16-3-1-2-11-25-16/h1-9,11,13,24H,10,12H2,(H,26,28). The zero-order valence-corrected chi connectivity index (χ0v) is 15.1. The van der Waals surface area contributed by atoms with Crippen molar-refractivity contribution in [2.45, 2.75) is 12.8 Å². The van der Waals surface area contributed by atoms with E-state index in [1.165, 1.54) is 36.5 Å². The van der Waals surface area contributed by atoms with Crippen LogP contribution in [0.1, 0.15) is 5.69 Å². The highest BCUT2D eigenvalue weighted by molar-refractivity contribution is 5.78. The van der Waals surface area contributed by atoms with Crippen LogP contribution in [0.5, 0.6) is 5.75 Å². The average Bonchev–Trinajstić information content (AvgIpc) is 2.68. The van der Waals surface area contributed by atoms with E-state index in [0.717, 1.165) is 10.3 Å². The number of pyridine rings is 2. The minimum atomic E-state index is -4.76. The second-order valence-corrected chi connectivity index (χ2v) is 6.05. The van der Waals surface area contributed by atoms with Gasteiger partial charge in [0.05, 0.1) is 0 Å². The van der Waals surface area contributed by atoms with Gasteiger partial charge in [0.15, 0.2) is 0 Å². The summed E-state index contributed by atoms with van der Waals surface area (Å²) < 4.78 is 41.8. The minimum Gasteiger partial charge on any atom is -0.406 e. The molecular weight excluding hydrogens is 385 g/mol. The Kier molecular flexibility index (Phi) is 5.96. The smallest absolute Gasteiger partial charge is 0.406 e. The summed E-state index contributed by atoms with van der Waals surface area (Å²) in [4.78, 5) is 16.6. The second kappa shape index (κ2) is 8.59. The van der Waals surface area contributed by atoms with E-state index >= 15 is 0 Å². The number of aromatic nitrogens is 2. The summed E-state index contributed by atoms with van der Waals surface area (Å²) >= 11 is 0. The highest BCUT2D eigenvalue weighted by Gasteiger charge is 2.30. The summed E-state index contributed by atoms with van der Waals surface area (Å²) in [5, 5.41) is 10.7. The molecule has 2 N–H and O–H groups in total. The fourth-order valence-electron chi connectivity index (χ4n) is 2.62. The van der Waals surface area contributed by atoms with E-state index in [0.29, 0.717) is 24.1 Å². The molecule has 0 radical (unpaired) electrons. The van der Waals surface area contributed by atoms with Gasteiger partial charge in [-0.2, -0.15) is 0 Å². The number of rotatable bonds is 5. The molecular formula is C20H17F3N4O2. The Morgan fingerprint density at radius 2 is 1.79 bits per heavy atom. The van der Waals surface area contributed by atoms with Gasteiger partial charge in [-0.15, -0.1) is 13.2 Å². The van der Waals surface area contributed by atoms with E-state index in [1.807, 2.05) is 12.1 Å². The molecule has 0 unspecified atom stereocenters. The Hall–Kier alpha value is -3.62. The van der Waals surface area contributed by atoms with Crippen molar-refractivity contribution >= 4 is 6.03 Å². The van der Waals surface area contributed by atoms with E-state index in [4.69, 9.17) is 5.41 Å². The lowest BCUT2D eigenvalue weighted by Crippen LogP contribution is -2.36. The normalized spacial score (nSPS) is 11.1. The molecule has 2 aromatic heterocycles. The zero-order chi connectivity index (χ0) is 20.9. The third-order valence-electron chi connectivity index (χ3n) is 3.97. The summed E-state index contributed by atoms with van der Waals surface area (Å²) in [7, 11) is 0. The SMILES string of the molecule is N=c1ccc(-c2ccc(OC(F)(F)F)cc2)cn1C(=O)NCCc1ccccn1. The van der Waals surface area contributed by atoms with Crippen LogP contribution in [-0.4, -0.2) is 28.5 Å². The molecule has 3 aromatic rings. The van der Waals surface area contributed by atoms with Gasteiger partial charge in [-0.3, -0.25) is 15.0 Å². The Bertz CT molecular complexity index is 1030. The molecule has 0 atom stereocenters. The third-order valence-corrected chi connectivity index (χ3v) is 3.97. The molecule has 0 spiro atoms. The summed E-state index contributed by atoms with van der Waals surface area (Å²) in [6, 6.07) is 13.4. The summed E-state index contributed by atoms with van der Waals surface area (Å²) in [5.74, 6) is -0.335. The maximum absolute atomic E-state index is 12.4. The number of carbonyl (C=O) groups excluding carboxylic acids is 1. The van der Waals surface area contributed by atoms with Crippen LogP contribution in [-0.2, 0) is 6.42 Å². The fourth-order valence-corrected chi connectivity index (χ4v) is 2.62. The first-order chi connectivity index (χ1) is 13.8. The number of amides is 1. The van der Waals surface area contributed by atoms with Crippen LogP contribution in [0.25, 0.3) is 11.1 Å². The fraction of sp³-hybridized carbons (Fsp3) is 0.150. The monoisotopic (exact) mass is 402 g/mol. The molecule has 0 aliphatic rings. The number of ether oxygens (including phenoxy) is 1. The Morgan fingerprint density at radius 3 is 2.45 bits per heavy atom. The van der Waals surface area contributed by atoms with Gasteiger partial charge in [0, 0.05) is 31.1 Å². The van der Waals surface area contributed by atoms with E-state index in [1.54, 1.807) is 18.3 Å². The summed E-state index contributed by atoms with van der Waals surface area (Å²) in [6.45, 7) is 0.343. The van der Waals surface area contributed by atoms with Gasteiger partial charge < -0.3 is 10.1 Å². The molecule has 1 amide bonds. The molecule has 0 aliphatic heterocycles. The van der Waals surface area contributed by atoms with Crippen LogP contribution >= 0.6 is 0 Å². The molecule has 0 saturated carbocycles. The molecule has 2 heterocycles. The predicted octanol–water partition coefficient (Wildman–Crippen LogP) is 3.73. The molecule has 29 heavy (non-hydrogen) atoms. The predicted molar refractivity (Wildman–Crippen MR) is 99.1 cm³/mol. The highest BCUT2D eigenvalue weighted by Crippen LogP contribution is 2.26. The van der Waals surface area contributed by atoms with Crippen molar-refractivity contribution in [2.24, 2.45) is 0 Å². The van der Waals surface area contributed by atoms with E-state index in [9.17, 15) is 18.0 Å². The molecule has 0 fully saturated rings. The third kappa shape index (κ3) is 5.68. The number of benzene rings is 1. The first kappa shape index (κ1) is 20.1. The van der Waals surface area contributed by atoms with Gasteiger partial charge >= 0.3 is 12.4 Å². The average molecular weight is 402 g/mol. The molecule has 9 heteroatoms. The maximum atomic E-state index is 12.4. The van der Waals surface area contributed by atoms with Crippen molar-refractivity contribution in [3.8, 4) is 16.9 Å².